The first kappa shape index (κ1) is 20.9. The number of methoxy groups -OCH3 is 1. The van der Waals surface area contributed by atoms with E-state index in [1.807, 2.05) is 30.3 Å². The summed E-state index contributed by atoms with van der Waals surface area (Å²) in [7, 11) is -1.96. The molecule has 0 atom stereocenters. The lowest BCUT2D eigenvalue weighted by Gasteiger charge is -2.18. The summed E-state index contributed by atoms with van der Waals surface area (Å²) in [6.45, 7) is 0.552. The zero-order valence-electron chi connectivity index (χ0n) is 17.1. The summed E-state index contributed by atoms with van der Waals surface area (Å²) in [5.41, 5.74) is 3.59. The molecule has 0 saturated carbocycles. The maximum Gasteiger partial charge on any atom is 0.259 e. The van der Waals surface area contributed by atoms with Crippen LogP contribution in [0.5, 0.6) is 5.75 Å². The van der Waals surface area contributed by atoms with E-state index in [1.165, 1.54) is 6.20 Å². The van der Waals surface area contributed by atoms with Crippen molar-refractivity contribution in [3.63, 3.8) is 0 Å². The maximum absolute atomic E-state index is 12.8. The quantitative estimate of drug-likeness (QED) is 0.613. The SMILES string of the molecule is COc1ccc(CCS(=O)(=O)Nc2ccc3c(c2)N(C(=O)c2cccnc2)CC3)cc1. The van der Waals surface area contributed by atoms with Crippen molar-refractivity contribution in [1.82, 2.24) is 4.98 Å². The van der Waals surface area contributed by atoms with Gasteiger partial charge in [-0.15, -0.1) is 0 Å². The number of rotatable bonds is 7. The smallest absolute Gasteiger partial charge is 0.259 e. The van der Waals surface area contributed by atoms with Gasteiger partial charge in [0.1, 0.15) is 5.75 Å². The third kappa shape index (κ3) is 4.86. The molecule has 2 heterocycles. The molecule has 7 nitrogen and oxygen atoms in total. The van der Waals surface area contributed by atoms with Crippen LogP contribution in [0, 0.1) is 0 Å². The van der Waals surface area contributed by atoms with E-state index in [-0.39, 0.29) is 11.7 Å². The molecule has 1 amide bonds. The van der Waals surface area contributed by atoms with Gasteiger partial charge in [-0.05, 0) is 60.4 Å². The fourth-order valence-corrected chi connectivity index (χ4v) is 4.67. The van der Waals surface area contributed by atoms with Gasteiger partial charge in [0.05, 0.1) is 24.1 Å². The molecule has 0 saturated heterocycles. The number of sulfonamides is 1. The fraction of sp³-hybridized carbons (Fsp3) is 0.217. The number of hydrogen-bond acceptors (Lipinski definition) is 5. The van der Waals surface area contributed by atoms with Crippen molar-refractivity contribution in [3.05, 3.63) is 83.7 Å². The van der Waals surface area contributed by atoms with Crippen LogP contribution in [-0.2, 0) is 22.9 Å². The zero-order chi connectivity index (χ0) is 21.8. The third-order valence-electron chi connectivity index (χ3n) is 5.23. The minimum atomic E-state index is -3.55. The van der Waals surface area contributed by atoms with Crippen LogP contribution in [-0.4, -0.2) is 38.7 Å². The average molecular weight is 438 g/mol. The van der Waals surface area contributed by atoms with Crippen LogP contribution in [0.1, 0.15) is 21.5 Å². The third-order valence-corrected chi connectivity index (χ3v) is 6.51. The summed E-state index contributed by atoms with van der Waals surface area (Å²) in [4.78, 5) is 18.5. The van der Waals surface area contributed by atoms with Gasteiger partial charge >= 0.3 is 0 Å². The molecule has 4 rings (SSSR count). The number of amides is 1. The lowest BCUT2D eigenvalue weighted by Crippen LogP contribution is -2.29. The number of fused-ring (bicyclic) bond motifs is 1. The van der Waals surface area contributed by atoms with Crippen molar-refractivity contribution in [3.8, 4) is 5.75 Å². The van der Waals surface area contributed by atoms with Crippen LogP contribution in [0.4, 0.5) is 11.4 Å². The first-order valence-corrected chi connectivity index (χ1v) is 11.6. The summed E-state index contributed by atoms with van der Waals surface area (Å²) in [6.07, 6.45) is 4.27. The number of aromatic nitrogens is 1. The number of anilines is 2. The summed E-state index contributed by atoms with van der Waals surface area (Å²) in [5, 5.41) is 0. The summed E-state index contributed by atoms with van der Waals surface area (Å²) in [5.74, 6) is 0.536. The topological polar surface area (TPSA) is 88.6 Å². The second-order valence-corrected chi connectivity index (χ2v) is 9.15. The van der Waals surface area contributed by atoms with Crippen LogP contribution >= 0.6 is 0 Å². The summed E-state index contributed by atoms with van der Waals surface area (Å²) >= 11 is 0. The predicted octanol–water partition coefficient (Wildman–Crippen LogP) is 3.28. The number of pyridine rings is 1. The molecule has 3 aromatic rings. The minimum absolute atomic E-state index is 0.0469. The van der Waals surface area contributed by atoms with E-state index in [4.69, 9.17) is 4.74 Å². The molecule has 0 bridgehead atoms. The van der Waals surface area contributed by atoms with E-state index in [1.54, 1.807) is 42.5 Å². The number of nitrogens with one attached hydrogen (secondary N) is 1. The van der Waals surface area contributed by atoms with E-state index in [0.717, 1.165) is 29.0 Å². The van der Waals surface area contributed by atoms with Crippen LogP contribution in [0.25, 0.3) is 0 Å². The molecule has 8 heteroatoms. The molecular weight excluding hydrogens is 414 g/mol. The van der Waals surface area contributed by atoms with Crippen molar-refractivity contribution in [2.24, 2.45) is 0 Å². The molecule has 1 aromatic heterocycles. The number of benzene rings is 2. The normalized spacial score (nSPS) is 13.0. The molecule has 31 heavy (non-hydrogen) atoms. The van der Waals surface area contributed by atoms with E-state index in [2.05, 4.69) is 9.71 Å². The molecule has 0 aliphatic carbocycles. The number of nitrogens with zero attached hydrogens (tertiary/aromatic N) is 2. The average Bonchev–Trinajstić information content (AvgIpc) is 3.21. The lowest BCUT2D eigenvalue weighted by molar-refractivity contribution is 0.0989. The number of aryl methyl sites for hydroxylation is 1. The molecule has 160 valence electrons. The number of hydrogen-bond donors (Lipinski definition) is 1. The van der Waals surface area contributed by atoms with E-state index in [9.17, 15) is 13.2 Å². The van der Waals surface area contributed by atoms with Crippen LogP contribution in [0.15, 0.2) is 67.0 Å². The van der Waals surface area contributed by atoms with Gasteiger partial charge in [-0.3, -0.25) is 14.5 Å². The molecule has 2 aromatic carbocycles. The molecule has 0 spiro atoms. The highest BCUT2D eigenvalue weighted by molar-refractivity contribution is 7.92. The summed E-state index contributed by atoms with van der Waals surface area (Å²) in [6, 6.07) is 16.1. The first-order chi connectivity index (χ1) is 14.9. The Morgan fingerprint density at radius 2 is 1.97 bits per heavy atom. The Bertz CT molecular complexity index is 1180. The molecular formula is C23H23N3O4S. The number of ether oxygens (including phenoxy) is 1. The molecule has 0 unspecified atom stereocenters. The zero-order valence-corrected chi connectivity index (χ0v) is 17.9. The highest BCUT2D eigenvalue weighted by Gasteiger charge is 2.26. The van der Waals surface area contributed by atoms with Gasteiger partial charge in [-0.1, -0.05) is 18.2 Å². The first-order valence-electron chi connectivity index (χ1n) is 9.93. The lowest BCUT2D eigenvalue weighted by atomic mass is 10.1. The Morgan fingerprint density at radius 1 is 1.16 bits per heavy atom. The van der Waals surface area contributed by atoms with E-state index < -0.39 is 10.0 Å². The second-order valence-electron chi connectivity index (χ2n) is 7.31. The minimum Gasteiger partial charge on any atom is -0.497 e. The second kappa shape index (κ2) is 8.77. The predicted molar refractivity (Wildman–Crippen MR) is 120 cm³/mol. The van der Waals surface area contributed by atoms with Gasteiger partial charge in [-0.2, -0.15) is 0 Å². The Morgan fingerprint density at radius 3 is 2.68 bits per heavy atom. The molecule has 0 radical (unpaired) electrons. The van der Waals surface area contributed by atoms with Gasteiger partial charge in [-0.25, -0.2) is 8.42 Å². The Kier molecular flexibility index (Phi) is 5.90. The van der Waals surface area contributed by atoms with E-state index >= 15 is 0 Å². The van der Waals surface area contributed by atoms with Gasteiger partial charge in [0.2, 0.25) is 10.0 Å². The highest BCUT2D eigenvalue weighted by atomic mass is 32.2. The number of carbonyl (C=O) groups excluding carboxylic acids is 1. The number of carbonyl (C=O) groups is 1. The fourth-order valence-electron chi connectivity index (χ4n) is 3.57. The van der Waals surface area contributed by atoms with Gasteiger partial charge in [0.25, 0.3) is 5.91 Å². The van der Waals surface area contributed by atoms with Gasteiger partial charge in [0.15, 0.2) is 0 Å². The molecule has 1 N–H and O–H groups in total. The van der Waals surface area contributed by atoms with Crippen molar-refractivity contribution < 1.29 is 17.9 Å². The highest BCUT2D eigenvalue weighted by Crippen LogP contribution is 2.32. The van der Waals surface area contributed by atoms with Crippen molar-refractivity contribution >= 4 is 27.3 Å². The molecule has 1 aliphatic heterocycles. The van der Waals surface area contributed by atoms with Gasteiger partial charge in [0, 0.05) is 24.6 Å². The Hall–Kier alpha value is -3.39. The van der Waals surface area contributed by atoms with Crippen LogP contribution in [0.2, 0.25) is 0 Å². The van der Waals surface area contributed by atoms with Crippen molar-refractivity contribution in [2.45, 2.75) is 12.8 Å². The van der Waals surface area contributed by atoms with E-state index in [0.29, 0.717) is 24.2 Å². The van der Waals surface area contributed by atoms with Gasteiger partial charge < -0.3 is 9.64 Å². The molecule has 0 fully saturated rings. The Labute approximate surface area is 181 Å². The standard InChI is InChI=1S/C23H23N3O4S/c1-30-21-8-4-17(5-9-21)11-14-31(28,29)25-20-7-6-18-10-13-26(22(18)15-20)23(27)19-3-2-12-24-16-19/h2-9,12,15-16,25H,10-11,13-14H2,1H3. The monoisotopic (exact) mass is 437 g/mol. The maximum atomic E-state index is 12.8. The van der Waals surface area contributed by atoms with Crippen molar-refractivity contribution in [2.75, 3.05) is 29.0 Å². The Balaban J connectivity index is 1.46. The molecule has 1 aliphatic rings. The summed E-state index contributed by atoms with van der Waals surface area (Å²) < 4.78 is 33.0. The van der Waals surface area contributed by atoms with Crippen LogP contribution in [0.3, 0.4) is 0 Å². The largest absolute Gasteiger partial charge is 0.497 e. The van der Waals surface area contributed by atoms with Crippen LogP contribution < -0.4 is 14.4 Å². The van der Waals surface area contributed by atoms with Crippen molar-refractivity contribution in [1.29, 1.82) is 0 Å².